The van der Waals surface area contributed by atoms with Crippen molar-refractivity contribution in [3.8, 4) is 5.75 Å². The number of pyridine rings is 1. The highest BCUT2D eigenvalue weighted by Crippen LogP contribution is 2.26. The molecule has 1 aromatic carbocycles. The van der Waals surface area contributed by atoms with Gasteiger partial charge in [-0.2, -0.15) is 0 Å². The number of ether oxygens (including phenoxy) is 1. The standard InChI is InChI=1S/C18H20N2O2/c21-18(6-5-14-7-9-19-10-8-14)20-12-15-11-16-3-1-2-4-17(16)22-13-15/h1-4,7-10,15H,5-6,11-13H2,(H,20,21). The molecule has 4 nitrogen and oxygen atoms in total. The fourth-order valence-corrected chi connectivity index (χ4v) is 2.68. The van der Waals surface area contributed by atoms with Crippen molar-refractivity contribution in [2.24, 2.45) is 5.92 Å². The summed E-state index contributed by atoms with van der Waals surface area (Å²) < 4.78 is 5.74. The largest absolute Gasteiger partial charge is 0.493 e. The average molecular weight is 296 g/mol. The zero-order valence-electron chi connectivity index (χ0n) is 12.5. The molecule has 0 fully saturated rings. The summed E-state index contributed by atoms with van der Waals surface area (Å²) in [6.07, 6.45) is 5.72. The molecule has 1 amide bonds. The lowest BCUT2D eigenvalue weighted by molar-refractivity contribution is -0.121. The molecule has 0 bridgehead atoms. The Hall–Kier alpha value is -2.36. The second-order valence-corrected chi connectivity index (χ2v) is 5.65. The highest BCUT2D eigenvalue weighted by atomic mass is 16.5. The maximum Gasteiger partial charge on any atom is 0.220 e. The molecule has 2 aromatic rings. The van der Waals surface area contributed by atoms with E-state index in [4.69, 9.17) is 4.74 Å². The number of hydrogen-bond donors (Lipinski definition) is 1. The molecule has 1 N–H and O–H groups in total. The second-order valence-electron chi connectivity index (χ2n) is 5.65. The number of benzene rings is 1. The number of para-hydroxylation sites is 1. The first-order valence-electron chi connectivity index (χ1n) is 7.67. The predicted molar refractivity (Wildman–Crippen MR) is 84.7 cm³/mol. The van der Waals surface area contributed by atoms with Crippen LogP contribution in [0.2, 0.25) is 0 Å². The van der Waals surface area contributed by atoms with Crippen LogP contribution < -0.4 is 10.1 Å². The van der Waals surface area contributed by atoms with E-state index < -0.39 is 0 Å². The lowest BCUT2D eigenvalue weighted by atomic mass is 9.96. The van der Waals surface area contributed by atoms with Crippen LogP contribution in [0.3, 0.4) is 0 Å². The summed E-state index contributed by atoms with van der Waals surface area (Å²) in [5, 5.41) is 3.02. The molecule has 1 aliphatic rings. The van der Waals surface area contributed by atoms with Crippen molar-refractivity contribution in [3.63, 3.8) is 0 Å². The van der Waals surface area contributed by atoms with E-state index in [2.05, 4.69) is 16.4 Å². The molecule has 0 aliphatic carbocycles. The Balaban J connectivity index is 1.42. The molecule has 1 atom stereocenters. The van der Waals surface area contributed by atoms with Crippen LogP contribution in [-0.2, 0) is 17.6 Å². The summed E-state index contributed by atoms with van der Waals surface area (Å²) >= 11 is 0. The first kappa shape index (κ1) is 14.6. The molecule has 22 heavy (non-hydrogen) atoms. The van der Waals surface area contributed by atoms with Gasteiger partial charge in [0.1, 0.15) is 5.75 Å². The van der Waals surface area contributed by atoms with Crippen molar-refractivity contribution in [1.29, 1.82) is 0 Å². The normalized spacial score (nSPS) is 16.5. The van der Waals surface area contributed by atoms with Gasteiger partial charge in [0, 0.05) is 31.3 Å². The van der Waals surface area contributed by atoms with E-state index in [1.165, 1.54) is 5.56 Å². The minimum Gasteiger partial charge on any atom is -0.493 e. The number of nitrogens with one attached hydrogen (secondary N) is 1. The predicted octanol–water partition coefficient (Wildman–Crippen LogP) is 2.38. The molecule has 1 aliphatic heterocycles. The maximum absolute atomic E-state index is 11.9. The van der Waals surface area contributed by atoms with Crippen molar-refractivity contribution in [1.82, 2.24) is 10.3 Å². The quantitative estimate of drug-likeness (QED) is 0.921. The maximum atomic E-state index is 11.9. The molecule has 0 saturated heterocycles. The monoisotopic (exact) mass is 296 g/mol. The molecule has 4 heteroatoms. The number of hydrogen-bond acceptors (Lipinski definition) is 3. The molecule has 0 spiro atoms. The van der Waals surface area contributed by atoms with E-state index in [1.54, 1.807) is 12.4 Å². The highest BCUT2D eigenvalue weighted by molar-refractivity contribution is 5.76. The van der Waals surface area contributed by atoms with Crippen LogP contribution in [0.15, 0.2) is 48.8 Å². The number of amides is 1. The fraction of sp³-hybridized carbons (Fsp3) is 0.333. The summed E-state index contributed by atoms with van der Waals surface area (Å²) in [6.45, 7) is 1.34. The first-order chi connectivity index (χ1) is 10.8. The van der Waals surface area contributed by atoms with E-state index in [-0.39, 0.29) is 5.91 Å². The molecule has 1 unspecified atom stereocenters. The van der Waals surface area contributed by atoms with Crippen molar-refractivity contribution in [3.05, 3.63) is 59.9 Å². The minimum absolute atomic E-state index is 0.0932. The first-order valence-corrected chi connectivity index (χ1v) is 7.67. The van der Waals surface area contributed by atoms with Gasteiger partial charge >= 0.3 is 0 Å². The third-order valence-electron chi connectivity index (χ3n) is 3.93. The van der Waals surface area contributed by atoms with Crippen molar-refractivity contribution >= 4 is 5.91 Å². The van der Waals surface area contributed by atoms with Gasteiger partial charge in [0.05, 0.1) is 6.61 Å². The van der Waals surface area contributed by atoms with Crippen LogP contribution in [0.25, 0.3) is 0 Å². The smallest absolute Gasteiger partial charge is 0.220 e. The average Bonchev–Trinajstić information content (AvgIpc) is 2.59. The number of nitrogens with zero attached hydrogens (tertiary/aromatic N) is 1. The zero-order valence-corrected chi connectivity index (χ0v) is 12.5. The summed E-state index contributed by atoms with van der Waals surface area (Å²) in [5.74, 6) is 1.42. The van der Waals surface area contributed by atoms with Gasteiger partial charge in [0.25, 0.3) is 0 Å². The van der Waals surface area contributed by atoms with Gasteiger partial charge in [0.15, 0.2) is 0 Å². The Morgan fingerprint density at radius 3 is 2.91 bits per heavy atom. The highest BCUT2D eigenvalue weighted by Gasteiger charge is 2.19. The zero-order chi connectivity index (χ0) is 15.2. The van der Waals surface area contributed by atoms with Crippen molar-refractivity contribution in [2.75, 3.05) is 13.2 Å². The number of aromatic nitrogens is 1. The Bertz CT molecular complexity index is 628. The van der Waals surface area contributed by atoms with Crippen LogP contribution in [0.1, 0.15) is 17.5 Å². The van der Waals surface area contributed by atoms with E-state index >= 15 is 0 Å². The van der Waals surface area contributed by atoms with Gasteiger partial charge in [0.2, 0.25) is 5.91 Å². The van der Waals surface area contributed by atoms with Crippen molar-refractivity contribution in [2.45, 2.75) is 19.3 Å². The molecule has 3 rings (SSSR count). The third kappa shape index (κ3) is 3.85. The molecular weight excluding hydrogens is 276 g/mol. The Kier molecular flexibility index (Phi) is 4.68. The van der Waals surface area contributed by atoms with Crippen LogP contribution in [0, 0.1) is 5.92 Å². The molecular formula is C18H20N2O2. The van der Waals surface area contributed by atoms with Crippen LogP contribution >= 0.6 is 0 Å². The Morgan fingerprint density at radius 1 is 1.23 bits per heavy atom. The van der Waals surface area contributed by atoms with Gasteiger partial charge in [-0.1, -0.05) is 18.2 Å². The summed E-state index contributed by atoms with van der Waals surface area (Å²) in [4.78, 5) is 15.9. The SMILES string of the molecule is O=C(CCc1ccncc1)NCC1COc2ccccc2C1. The number of rotatable bonds is 5. The molecule has 0 radical (unpaired) electrons. The summed E-state index contributed by atoms with van der Waals surface area (Å²) in [5.41, 5.74) is 2.37. The molecule has 1 aromatic heterocycles. The number of carbonyl (C=O) groups is 1. The minimum atomic E-state index is 0.0932. The van der Waals surface area contributed by atoms with Gasteiger partial charge in [-0.15, -0.1) is 0 Å². The topological polar surface area (TPSA) is 51.2 Å². The summed E-state index contributed by atoms with van der Waals surface area (Å²) in [7, 11) is 0. The van der Waals surface area contributed by atoms with E-state index in [0.29, 0.717) is 25.5 Å². The third-order valence-corrected chi connectivity index (χ3v) is 3.93. The van der Waals surface area contributed by atoms with E-state index in [9.17, 15) is 4.79 Å². The second kappa shape index (κ2) is 7.07. The van der Waals surface area contributed by atoms with Gasteiger partial charge in [-0.25, -0.2) is 0 Å². The number of carbonyl (C=O) groups excluding carboxylic acids is 1. The number of fused-ring (bicyclic) bond motifs is 1. The molecule has 114 valence electrons. The Morgan fingerprint density at radius 2 is 2.05 bits per heavy atom. The van der Waals surface area contributed by atoms with Crippen LogP contribution in [-0.4, -0.2) is 24.0 Å². The van der Waals surface area contributed by atoms with E-state index in [0.717, 1.165) is 24.2 Å². The number of aryl methyl sites for hydroxylation is 1. The van der Waals surface area contributed by atoms with Crippen LogP contribution in [0.5, 0.6) is 5.75 Å². The lowest BCUT2D eigenvalue weighted by Crippen LogP contribution is -2.34. The fourth-order valence-electron chi connectivity index (χ4n) is 2.68. The van der Waals surface area contributed by atoms with Gasteiger partial charge in [-0.05, 0) is 42.2 Å². The van der Waals surface area contributed by atoms with E-state index in [1.807, 2.05) is 30.3 Å². The van der Waals surface area contributed by atoms with Crippen LogP contribution in [0.4, 0.5) is 0 Å². The Labute approximate surface area is 130 Å². The van der Waals surface area contributed by atoms with Gasteiger partial charge < -0.3 is 10.1 Å². The molecule has 0 saturated carbocycles. The lowest BCUT2D eigenvalue weighted by Gasteiger charge is -2.25. The van der Waals surface area contributed by atoms with Crippen molar-refractivity contribution < 1.29 is 9.53 Å². The van der Waals surface area contributed by atoms with Gasteiger partial charge in [-0.3, -0.25) is 9.78 Å². The summed E-state index contributed by atoms with van der Waals surface area (Å²) in [6, 6.07) is 12.0. The molecule has 2 heterocycles.